The van der Waals surface area contributed by atoms with Gasteiger partial charge in [0.15, 0.2) is 0 Å². The van der Waals surface area contributed by atoms with Gasteiger partial charge in [0.2, 0.25) is 11.8 Å². The third kappa shape index (κ3) is 3.87. The Hall–Kier alpha value is -3.75. The molecule has 2 aromatic carbocycles. The number of aliphatic hydroxyl groups excluding tert-OH is 1. The number of benzene rings is 2. The number of aliphatic hydroxyl groups is 1. The highest BCUT2D eigenvalue weighted by Crippen LogP contribution is 2.55. The second kappa shape index (κ2) is 9.85. The van der Waals surface area contributed by atoms with E-state index in [1.807, 2.05) is 78.9 Å². The molecule has 0 radical (unpaired) electrons. The van der Waals surface area contributed by atoms with E-state index in [2.05, 4.69) is 0 Å². The molecule has 0 aromatic heterocycles. The van der Waals surface area contributed by atoms with E-state index in [4.69, 9.17) is 9.47 Å². The highest BCUT2D eigenvalue weighted by Gasteiger charge is 2.72. The maximum absolute atomic E-state index is 14.4. The van der Waals surface area contributed by atoms with Gasteiger partial charge < -0.3 is 24.4 Å². The van der Waals surface area contributed by atoms with E-state index in [1.54, 1.807) is 11.0 Å². The number of ether oxygens (including phenoxy) is 2. The van der Waals surface area contributed by atoms with Crippen molar-refractivity contribution in [1.29, 1.82) is 0 Å². The van der Waals surface area contributed by atoms with Gasteiger partial charge in [-0.25, -0.2) is 0 Å². The maximum Gasteiger partial charge on any atom is 0.312 e. The molecule has 6 rings (SSSR count). The Morgan fingerprint density at radius 2 is 1.71 bits per heavy atom. The first-order valence-corrected chi connectivity index (χ1v) is 13.0. The van der Waals surface area contributed by atoms with Crippen LogP contribution in [0.1, 0.15) is 23.6 Å². The Morgan fingerprint density at radius 3 is 2.45 bits per heavy atom. The number of rotatable bonds is 5. The van der Waals surface area contributed by atoms with E-state index in [-0.39, 0.29) is 19.1 Å². The first kappa shape index (κ1) is 24.6. The molecule has 1 unspecified atom stereocenters. The van der Waals surface area contributed by atoms with Crippen LogP contribution in [0.15, 0.2) is 85.0 Å². The normalized spacial score (nSPS) is 31.1. The van der Waals surface area contributed by atoms with Crippen LogP contribution in [0.25, 0.3) is 0 Å². The zero-order chi connectivity index (χ0) is 26.3. The molecule has 0 bridgehead atoms. The van der Waals surface area contributed by atoms with Gasteiger partial charge in [-0.3, -0.25) is 14.4 Å². The molecule has 2 fully saturated rings. The third-order valence-electron chi connectivity index (χ3n) is 8.05. The Bertz CT molecular complexity index is 1280. The number of hydrogen-bond acceptors (Lipinski definition) is 6. The van der Waals surface area contributed by atoms with E-state index in [0.29, 0.717) is 25.1 Å². The summed E-state index contributed by atoms with van der Waals surface area (Å²) in [5.74, 6) is -3.02. The van der Waals surface area contributed by atoms with Crippen LogP contribution in [0.3, 0.4) is 0 Å². The van der Waals surface area contributed by atoms with E-state index in [1.165, 1.54) is 4.90 Å². The average molecular weight is 515 g/mol. The van der Waals surface area contributed by atoms with Crippen molar-refractivity contribution in [3.63, 3.8) is 0 Å². The molecule has 4 aliphatic heterocycles. The van der Waals surface area contributed by atoms with Crippen molar-refractivity contribution in [3.05, 3.63) is 96.1 Å². The maximum atomic E-state index is 14.4. The van der Waals surface area contributed by atoms with Crippen LogP contribution in [0.5, 0.6) is 0 Å². The average Bonchev–Trinajstić information content (AvgIpc) is 3.31. The van der Waals surface area contributed by atoms with Gasteiger partial charge in [0.05, 0.1) is 31.3 Å². The van der Waals surface area contributed by atoms with Crippen molar-refractivity contribution in [2.24, 2.45) is 11.8 Å². The largest absolute Gasteiger partial charge is 0.465 e. The number of hydrogen-bond donors (Lipinski definition) is 1. The number of esters is 1. The van der Waals surface area contributed by atoms with Gasteiger partial charge in [-0.1, -0.05) is 85.0 Å². The summed E-state index contributed by atoms with van der Waals surface area (Å²) in [4.78, 5) is 45.1. The predicted octanol–water partition coefficient (Wildman–Crippen LogP) is 2.40. The molecule has 196 valence electrons. The summed E-state index contributed by atoms with van der Waals surface area (Å²) >= 11 is 0. The standard InChI is InChI=1S/C30H30N2O6/c33-19-22(21-12-5-2-6-13-21)32-26-28(35)31(18-20-10-3-1-4-11-20)16-9-15-30(26)25(27(32)34)24-23(38-30)14-7-8-17-37-29(24)36/h1-7,9-15,22-26,33H,8,16-19H2/t22-,23+,24-,25+,26?,30+/m1/s1. The summed E-state index contributed by atoms with van der Waals surface area (Å²) in [6.07, 6.45) is 7.23. The number of amides is 2. The molecule has 2 saturated heterocycles. The molecule has 4 heterocycles. The lowest BCUT2D eigenvalue weighted by molar-refractivity contribution is -0.156. The molecule has 4 aliphatic rings. The number of carbonyl (C=O) groups excluding carboxylic acids is 3. The number of likely N-dealkylation sites (tertiary alicyclic amines) is 1. The molecule has 8 heteroatoms. The minimum atomic E-state index is -1.37. The Balaban J connectivity index is 1.47. The van der Waals surface area contributed by atoms with Crippen LogP contribution in [-0.2, 0) is 30.4 Å². The molecule has 2 aromatic rings. The number of cyclic esters (lactones) is 1. The molecule has 2 amide bonds. The van der Waals surface area contributed by atoms with Gasteiger partial charge in [0.1, 0.15) is 17.6 Å². The quantitative estimate of drug-likeness (QED) is 0.486. The van der Waals surface area contributed by atoms with Gasteiger partial charge in [-0.05, 0) is 17.5 Å². The summed E-state index contributed by atoms with van der Waals surface area (Å²) < 4.78 is 12.1. The molecule has 0 aliphatic carbocycles. The van der Waals surface area contributed by atoms with Gasteiger partial charge >= 0.3 is 5.97 Å². The zero-order valence-corrected chi connectivity index (χ0v) is 20.9. The van der Waals surface area contributed by atoms with Gasteiger partial charge in [0.25, 0.3) is 0 Å². The van der Waals surface area contributed by atoms with Crippen molar-refractivity contribution in [2.45, 2.75) is 36.8 Å². The summed E-state index contributed by atoms with van der Waals surface area (Å²) in [6, 6.07) is 17.0. The van der Waals surface area contributed by atoms with Crippen LogP contribution in [0.2, 0.25) is 0 Å². The zero-order valence-electron chi connectivity index (χ0n) is 20.9. The van der Waals surface area contributed by atoms with Gasteiger partial charge in [-0.15, -0.1) is 0 Å². The topological polar surface area (TPSA) is 96.4 Å². The van der Waals surface area contributed by atoms with Crippen molar-refractivity contribution in [1.82, 2.24) is 9.80 Å². The summed E-state index contributed by atoms with van der Waals surface area (Å²) in [7, 11) is 0. The van der Waals surface area contributed by atoms with Gasteiger partial charge in [0, 0.05) is 13.1 Å². The van der Waals surface area contributed by atoms with Crippen molar-refractivity contribution >= 4 is 17.8 Å². The fourth-order valence-corrected chi connectivity index (χ4v) is 6.40. The van der Waals surface area contributed by atoms with E-state index in [0.717, 1.165) is 5.56 Å². The number of fused-ring (bicyclic) bond motifs is 2. The Morgan fingerprint density at radius 1 is 0.974 bits per heavy atom. The highest BCUT2D eigenvalue weighted by molar-refractivity contribution is 5.99. The van der Waals surface area contributed by atoms with Crippen LogP contribution in [0.4, 0.5) is 0 Å². The molecular weight excluding hydrogens is 484 g/mol. The van der Waals surface area contributed by atoms with E-state index in [9.17, 15) is 19.5 Å². The Labute approximate surface area is 221 Å². The second-order valence-electron chi connectivity index (χ2n) is 10.2. The minimum Gasteiger partial charge on any atom is -0.465 e. The van der Waals surface area contributed by atoms with Crippen molar-refractivity contribution in [2.75, 3.05) is 19.8 Å². The molecule has 6 atom stereocenters. The van der Waals surface area contributed by atoms with Crippen molar-refractivity contribution in [3.8, 4) is 0 Å². The van der Waals surface area contributed by atoms with Crippen LogP contribution < -0.4 is 0 Å². The lowest BCUT2D eigenvalue weighted by Gasteiger charge is -2.38. The van der Waals surface area contributed by atoms with E-state index < -0.39 is 47.5 Å². The fraction of sp³-hybridized carbons (Fsp3) is 0.367. The lowest BCUT2D eigenvalue weighted by Crippen LogP contribution is -2.56. The van der Waals surface area contributed by atoms with Crippen LogP contribution >= 0.6 is 0 Å². The Kier molecular flexibility index (Phi) is 6.37. The van der Waals surface area contributed by atoms with E-state index >= 15 is 0 Å². The molecule has 0 saturated carbocycles. The fourth-order valence-electron chi connectivity index (χ4n) is 6.40. The summed E-state index contributed by atoms with van der Waals surface area (Å²) in [5.41, 5.74) is 0.288. The highest BCUT2D eigenvalue weighted by atomic mass is 16.6. The minimum absolute atomic E-state index is 0.225. The predicted molar refractivity (Wildman–Crippen MR) is 137 cm³/mol. The monoisotopic (exact) mass is 514 g/mol. The molecular formula is C30H30N2O6. The first-order chi connectivity index (χ1) is 18.5. The first-order valence-electron chi connectivity index (χ1n) is 13.0. The molecule has 1 spiro atoms. The smallest absolute Gasteiger partial charge is 0.312 e. The molecule has 1 N–H and O–H groups in total. The third-order valence-corrected chi connectivity index (χ3v) is 8.05. The molecule has 38 heavy (non-hydrogen) atoms. The number of nitrogens with zero attached hydrogens (tertiary/aromatic N) is 2. The summed E-state index contributed by atoms with van der Waals surface area (Å²) in [6.45, 7) is 0.522. The second-order valence-corrected chi connectivity index (χ2v) is 10.2. The van der Waals surface area contributed by atoms with Crippen LogP contribution in [-0.4, -0.2) is 70.2 Å². The van der Waals surface area contributed by atoms with Crippen molar-refractivity contribution < 1.29 is 29.0 Å². The lowest BCUT2D eigenvalue weighted by atomic mass is 9.77. The van der Waals surface area contributed by atoms with Crippen LogP contribution in [0, 0.1) is 11.8 Å². The SMILES string of the molecule is O=C1OCCC=C[C@@H]2O[C@]34C=CCN(Cc5ccccc5)C(=O)C3N([C@H](CO)c3ccccc3)C(=O)[C@@H]4[C@H]12. The number of carbonyl (C=O) groups is 3. The summed E-state index contributed by atoms with van der Waals surface area (Å²) in [5, 5.41) is 10.6. The molecule has 8 nitrogen and oxygen atoms in total. The van der Waals surface area contributed by atoms with Gasteiger partial charge in [-0.2, -0.15) is 0 Å².